The van der Waals surface area contributed by atoms with Gasteiger partial charge in [-0.05, 0) is 64.1 Å². The Hall–Kier alpha value is -0.860. The number of ether oxygens (including phenoxy) is 1. The van der Waals surface area contributed by atoms with Crippen LogP contribution >= 0.6 is 0 Å². The van der Waals surface area contributed by atoms with E-state index in [1.165, 1.54) is 36.0 Å². The highest BCUT2D eigenvalue weighted by Crippen LogP contribution is 2.24. The van der Waals surface area contributed by atoms with Crippen LogP contribution in [-0.2, 0) is 11.2 Å². The van der Waals surface area contributed by atoms with Crippen molar-refractivity contribution >= 4 is 0 Å². The molecule has 1 N–H and O–H groups in total. The van der Waals surface area contributed by atoms with Crippen LogP contribution in [0.1, 0.15) is 49.8 Å². The van der Waals surface area contributed by atoms with Crippen LogP contribution < -0.4 is 5.32 Å². The van der Waals surface area contributed by atoms with E-state index in [1.54, 1.807) is 0 Å². The highest BCUT2D eigenvalue weighted by molar-refractivity contribution is 5.31. The second-order valence-electron chi connectivity index (χ2n) is 6.26. The van der Waals surface area contributed by atoms with Crippen LogP contribution in [0, 0.1) is 13.8 Å². The number of rotatable bonds is 6. The summed E-state index contributed by atoms with van der Waals surface area (Å²) in [7, 11) is 0. The predicted molar refractivity (Wildman–Crippen MR) is 85.3 cm³/mol. The van der Waals surface area contributed by atoms with Gasteiger partial charge < -0.3 is 10.1 Å². The molecular weight excluding hydrogens is 246 g/mol. The summed E-state index contributed by atoms with van der Waals surface area (Å²) in [6.45, 7) is 9.87. The largest absolute Gasteiger partial charge is 0.374 e. The van der Waals surface area contributed by atoms with E-state index in [-0.39, 0.29) is 0 Å². The van der Waals surface area contributed by atoms with Crippen molar-refractivity contribution in [2.75, 3.05) is 6.54 Å². The van der Waals surface area contributed by atoms with Crippen LogP contribution in [0.2, 0.25) is 0 Å². The van der Waals surface area contributed by atoms with Gasteiger partial charge >= 0.3 is 0 Å². The maximum atomic E-state index is 6.10. The Morgan fingerprint density at radius 3 is 2.75 bits per heavy atom. The third-order valence-electron chi connectivity index (χ3n) is 4.31. The summed E-state index contributed by atoms with van der Waals surface area (Å²) in [6, 6.07) is 7.20. The summed E-state index contributed by atoms with van der Waals surface area (Å²) >= 11 is 0. The molecule has 1 aromatic rings. The summed E-state index contributed by atoms with van der Waals surface area (Å²) < 4.78 is 6.10. The molecule has 2 heteroatoms. The second-order valence-corrected chi connectivity index (χ2v) is 6.26. The molecule has 0 spiro atoms. The van der Waals surface area contributed by atoms with E-state index in [9.17, 15) is 0 Å². The smallest absolute Gasteiger partial charge is 0.0735 e. The number of nitrogens with one attached hydrogen (secondary N) is 1. The fourth-order valence-electron chi connectivity index (χ4n) is 3.05. The van der Waals surface area contributed by atoms with Gasteiger partial charge in [-0.1, -0.05) is 30.7 Å². The summed E-state index contributed by atoms with van der Waals surface area (Å²) in [5, 5.41) is 3.70. The molecule has 1 heterocycles. The molecule has 1 aromatic carbocycles. The summed E-state index contributed by atoms with van der Waals surface area (Å²) in [4.78, 5) is 0. The van der Waals surface area contributed by atoms with Crippen molar-refractivity contribution in [2.24, 2.45) is 0 Å². The van der Waals surface area contributed by atoms with Gasteiger partial charge in [0.2, 0.25) is 0 Å². The van der Waals surface area contributed by atoms with E-state index in [2.05, 4.69) is 51.2 Å². The van der Waals surface area contributed by atoms with Crippen LogP contribution in [0.15, 0.2) is 18.2 Å². The molecule has 20 heavy (non-hydrogen) atoms. The second kappa shape index (κ2) is 7.24. The SMILES string of the molecule is CCCNC(Cc1cc(C)ccc1C)C1CCC(C)O1. The van der Waals surface area contributed by atoms with Gasteiger partial charge in [0.15, 0.2) is 0 Å². The van der Waals surface area contributed by atoms with Gasteiger partial charge in [-0.3, -0.25) is 0 Å². The van der Waals surface area contributed by atoms with Gasteiger partial charge in [-0.15, -0.1) is 0 Å². The first-order valence-electron chi connectivity index (χ1n) is 8.05. The van der Waals surface area contributed by atoms with Crippen molar-refractivity contribution in [3.8, 4) is 0 Å². The quantitative estimate of drug-likeness (QED) is 0.853. The zero-order valence-corrected chi connectivity index (χ0v) is 13.4. The Kier molecular flexibility index (Phi) is 5.62. The molecule has 1 aliphatic heterocycles. The third-order valence-corrected chi connectivity index (χ3v) is 4.31. The van der Waals surface area contributed by atoms with E-state index >= 15 is 0 Å². The van der Waals surface area contributed by atoms with Gasteiger partial charge in [-0.2, -0.15) is 0 Å². The molecule has 112 valence electrons. The molecule has 3 atom stereocenters. The number of hydrogen-bond acceptors (Lipinski definition) is 2. The minimum atomic E-state index is 0.372. The number of hydrogen-bond donors (Lipinski definition) is 1. The van der Waals surface area contributed by atoms with Crippen molar-refractivity contribution < 1.29 is 4.74 Å². The third kappa shape index (κ3) is 4.07. The van der Waals surface area contributed by atoms with Crippen LogP contribution in [0.25, 0.3) is 0 Å². The predicted octanol–water partition coefficient (Wildman–Crippen LogP) is 3.78. The fraction of sp³-hybridized carbons (Fsp3) is 0.667. The van der Waals surface area contributed by atoms with Crippen LogP contribution in [0.5, 0.6) is 0 Å². The monoisotopic (exact) mass is 275 g/mol. The van der Waals surface area contributed by atoms with Crippen molar-refractivity contribution in [1.82, 2.24) is 5.32 Å². The molecule has 1 fully saturated rings. The average Bonchev–Trinajstić information content (AvgIpc) is 2.85. The number of aryl methyl sites for hydroxylation is 2. The van der Waals surface area contributed by atoms with Gasteiger partial charge in [-0.25, -0.2) is 0 Å². The minimum Gasteiger partial charge on any atom is -0.374 e. The first-order chi connectivity index (χ1) is 9.60. The lowest BCUT2D eigenvalue weighted by Crippen LogP contribution is -2.42. The first-order valence-corrected chi connectivity index (χ1v) is 8.05. The van der Waals surface area contributed by atoms with Crippen molar-refractivity contribution in [3.05, 3.63) is 34.9 Å². The van der Waals surface area contributed by atoms with Crippen molar-refractivity contribution in [1.29, 1.82) is 0 Å². The summed E-state index contributed by atoms with van der Waals surface area (Å²) in [5.41, 5.74) is 4.20. The van der Waals surface area contributed by atoms with E-state index in [0.717, 1.165) is 13.0 Å². The minimum absolute atomic E-state index is 0.372. The van der Waals surface area contributed by atoms with E-state index in [1.807, 2.05) is 0 Å². The highest BCUT2D eigenvalue weighted by Gasteiger charge is 2.29. The van der Waals surface area contributed by atoms with E-state index in [4.69, 9.17) is 4.74 Å². The lowest BCUT2D eigenvalue weighted by atomic mass is 9.95. The average molecular weight is 275 g/mol. The molecule has 0 aliphatic carbocycles. The van der Waals surface area contributed by atoms with Crippen molar-refractivity contribution in [3.63, 3.8) is 0 Å². The highest BCUT2D eigenvalue weighted by atomic mass is 16.5. The van der Waals surface area contributed by atoms with E-state index < -0.39 is 0 Å². The van der Waals surface area contributed by atoms with Gasteiger partial charge in [0.25, 0.3) is 0 Å². The molecule has 1 saturated heterocycles. The molecule has 0 amide bonds. The fourth-order valence-corrected chi connectivity index (χ4v) is 3.05. The van der Waals surface area contributed by atoms with Crippen LogP contribution in [0.4, 0.5) is 0 Å². The Labute approximate surface area is 123 Å². The topological polar surface area (TPSA) is 21.3 Å². The molecule has 0 bridgehead atoms. The molecule has 0 saturated carbocycles. The lowest BCUT2D eigenvalue weighted by Gasteiger charge is -2.26. The van der Waals surface area contributed by atoms with Crippen molar-refractivity contribution in [2.45, 2.75) is 71.6 Å². The van der Waals surface area contributed by atoms with Gasteiger partial charge in [0, 0.05) is 6.04 Å². The molecule has 2 rings (SSSR count). The zero-order chi connectivity index (χ0) is 14.5. The normalized spacial score (nSPS) is 24.0. The molecule has 1 aliphatic rings. The molecule has 0 radical (unpaired) electrons. The number of benzene rings is 1. The van der Waals surface area contributed by atoms with E-state index in [0.29, 0.717) is 18.2 Å². The maximum Gasteiger partial charge on any atom is 0.0735 e. The summed E-state index contributed by atoms with van der Waals surface area (Å²) in [6.07, 6.45) is 5.42. The Bertz CT molecular complexity index is 429. The summed E-state index contributed by atoms with van der Waals surface area (Å²) in [5.74, 6) is 0. The molecule has 2 nitrogen and oxygen atoms in total. The van der Waals surface area contributed by atoms with Crippen LogP contribution in [-0.4, -0.2) is 24.8 Å². The van der Waals surface area contributed by atoms with Gasteiger partial charge in [0.1, 0.15) is 0 Å². The lowest BCUT2D eigenvalue weighted by molar-refractivity contribution is 0.0320. The molecule has 0 aromatic heterocycles. The Balaban J connectivity index is 2.08. The molecular formula is C18H29NO. The Morgan fingerprint density at radius 2 is 2.10 bits per heavy atom. The first kappa shape index (κ1) is 15.5. The van der Waals surface area contributed by atoms with Gasteiger partial charge in [0.05, 0.1) is 12.2 Å². The molecule has 3 unspecified atom stereocenters. The van der Waals surface area contributed by atoms with Crippen LogP contribution in [0.3, 0.4) is 0 Å². The maximum absolute atomic E-state index is 6.10. The standard InChI is InChI=1S/C18H29NO/c1-5-10-19-17(18-9-8-15(4)20-18)12-16-11-13(2)6-7-14(16)3/h6-7,11,15,17-19H,5,8-10,12H2,1-4H3. The zero-order valence-electron chi connectivity index (χ0n) is 13.4. The Morgan fingerprint density at radius 1 is 1.30 bits per heavy atom.